The lowest BCUT2D eigenvalue weighted by Crippen LogP contribution is -2.29. The number of nitrogens with two attached hydrogens (primary N) is 1. The van der Waals surface area contributed by atoms with Crippen molar-refractivity contribution in [2.75, 3.05) is 13.1 Å². The van der Waals surface area contributed by atoms with Gasteiger partial charge < -0.3 is 15.2 Å². The summed E-state index contributed by atoms with van der Waals surface area (Å²) in [7, 11) is 0. The first-order valence-electron chi connectivity index (χ1n) is 7.11. The highest BCUT2D eigenvalue weighted by atomic mass is 15.2. The van der Waals surface area contributed by atoms with Gasteiger partial charge in [0, 0.05) is 31.4 Å². The van der Waals surface area contributed by atoms with Crippen LogP contribution in [0.15, 0.2) is 12.5 Å². The van der Waals surface area contributed by atoms with Gasteiger partial charge >= 0.3 is 0 Å². The third kappa shape index (κ3) is 2.93. The molecule has 1 aliphatic heterocycles. The summed E-state index contributed by atoms with van der Waals surface area (Å²) in [6.07, 6.45) is 6.11. The normalized spacial score (nSPS) is 22.8. The molecule has 0 bridgehead atoms. The summed E-state index contributed by atoms with van der Waals surface area (Å²) in [5, 5.41) is 0. The van der Waals surface area contributed by atoms with E-state index >= 15 is 0 Å². The molecular formula is C14H26N4. The van der Waals surface area contributed by atoms with Gasteiger partial charge in [-0.1, -0.05) is 6.92 Å². The molecule has 0 aliphatic carbocycles. The molecule has 2 atom stereocenters. The Balaban J connectivity index is 1.96. The molecule has 4 nitrogen and oxygen atoms in total. The first-order chi connectivity index (χ1) is 8.61. The molecule has 1 saturated heterocycles. The highest BCUT2D eigenvalue weighted by Gasteiger charge is 2.25. The molecule has 2 N–H and O–H groups in total. The summed E-state index contributed by atoms with van der Waals surface area (Å²) in [5.74, 6) is 0.740. The quantitative estimate of drug-likeness (QED) is 0.869. The van der Waals surface area contributed by atoms with Gasteiger partial charge in [-0.15, -0.1) is 0 Å². The Morgan fingerprint density at radius 3 is 2.89 bits per heavy atom. The largest absolute Gasteiger partial charge is 0.333 e. The number of rotatable bonds is 5. The van der Waals surface area contributed by atoms with Crippen LogP contribution < -0.4 is 5.73 Å². The van der Waals surface area contributed by atoms with Crippen molar-refractivity contribution in [2.24, 2.45) is 11.7 Å². The molecule has 0 aromatic carbocycles. The van der Waals surface area contributed by atoms with E-state index in [4.69, 9.17) is 5.73 Å². The maximum atomic E-state index is 6.12. The average Bonchev–Trinajstić information content (AvgIpc) is 2.97. The van der Waals surface area contributed by atoms with Crippen LogP contribution in [0.4, 0.5) is 0 Å². The zero-order valence-corrected chi connectivity index (χ0v) is 11.8. The number of nitrogens with zero attached hydrogens (tertiary/aromatic N) is 3. The van der Waals surface area contributed by atoms with Crippen LogP contribution in [0.25, 0.3) is 0 Å². The number of likely N-dealkylation sites (tertiary alicyclic amines) is 1. The van der Waals surface area contributed by atoms with Crippen LogP contribution in [0.3, 0.4) is 0 Å². The Morgan fingerprint density at radius 1 is 1.50 bits per heavy atom. The Bertz CT molecular complexity index is 372. The SMILES string of the molecule is CC[C@@H](N)c1cncn1CC1CCN(C(C)C)C1. The van der Waals surface area contributed by atoms with E-state index in [9.17, 15) is 0 Å². The monoisotopic (exact) mass is 250 g/mol. The molecule has 1 aliphatic rings. The zero-order chi connectivity index (χ0) is 13.1. The van der Waals surface area contributed by atoms with Gasteiger partial charge in [-0.25, -0.2) is 4.98 Å². The third-order valence-corrected chi connectivity index (χ3v) is 4.07. The molecule has 1 aromatic rings. The topological polar surface area (TPSA) is 47.1 Å². The van der Waals surface area contributed by atoms with Crippen molar-refractivity contribution in [3.05, 3.63) is 18.2 Å². The summed E-state index contributed by atoms with van der Waals surface area (Å²) in [5.41, 5.74) is 7.30. The predicted octanol–water partition coefficient (Wildman–Crippen LogP) is 2.02. The molecule has 1 unspecified atom stereocenters. The van der Waals surface area contributed by atoms with Gasteiger partial charge in [0.15, 0.2) is 0 Å². The van der Waals surface area contributed by atoms with Crippen molar-refractivity contribution < 1.29 is 0 Å². The number of hydrogen-bond acceptors (Lipinski definition) is 3. The minimum absolute atomic E-state index is 0.120. The molecule has 4 heteroatoms. The van der Waals surface area contributed by atoms with Crippen molar-refractivity contribution in [3.63, 3.8) is 0 Å². The lowest BCUT2D eigenvalue weighted by atomic mass is 10.1. The molecule has 102 valence electrons. The average molecular weight is 250 g/mol. The molecule has 0 saturated carbocycles. The number of imidazole rings is 1. The van der Waals surface area contributed by atoms with Crippen molar-refractivity contribution in [1.82, 2.24) is 14.5 Å². The molecule has 0 amide bonds. The van der Waals surface area contributed by atoms with E-state index in [1.807, 2.05) is 12.5 Å². The molecule has 1 fully saturated rings. The van der Waals surface area contributed by atoms with E-state index in [1.165, 1.54) is 25.2 Å². The van der Waals surface area contributed by atoms with Crippen LogP contribution >= 0.6 is 0 Å². The maximum absolute atomic E-state index is 6.12. The van der Waals surface area contributed by atoms with E-state index in [0.29, 0.717) is 6.04 Å². The van der Waals surface area contributed by atoms with Crippen LogP contribution in [-0.4, -0.2) is 33.6 Å². The molecule has 0 spiro atoms. The molecule has 2 rings (SSSR count). The first-order valence-corrected chi connectivity index (χ1v) is 7.11. The Labute approximate surface area is 110 Å². The van der Waals surface area contributed by atoms with Gasteiger partial charge in [-0.2, -0.15) is 0 Å². The summed E-state index contributed by atoms with van der Waals surface area (Å²) < 4.78 is 2.25. The fourth-order valence-corrected chi connectivity index (χ4v) is 2.76. The molecule has 0 radical (unpaired) electrons. The van der Waals surface area contributed by atoms with Gasteiger partial charge in [-0.3, -0.25) is 0 Å². The van der Waals surface area contributed by atoms with Gasteiger partial charge in [0.2, 0.25) is 0 Å². The Kier molecular flexibility index (Phi) is 4.40. The smallest absolute Gasteiger partial charge is 0.0948 e. The van der Waals surface area contributed by atoms with Crippen LogP contribution in [0, 0.1) is 5.92 Å². The zero-order valence-electron chi connectivity index (χ0n) is 11.8. The van der Waals surface area contributed by atoms with E-state index in [-0.39, 0.29) is 6.04 Å². The van der Waals surface area contributed by atoms with E-state index in [1.54, 1.807) is 0 Å². The molecule has 1 aromatic heterocycles. The fraction of sp³-hybridized carbons (Fsp3) is 0.786. The molecule has 2 heterocycles. The first kappa shape index (κ1) is 13.6. The lowest BCUT2D eigenvalue weighted by molar-refractivity contribution is 0.260. The second-order valence-corrected chi connectivity index (χ2v) is 5.73. The van der Waals surface area contributed by atoms with Crippen LogP contribution in [0.1, 0.15) is 45.3 Å². The number of hydrogen-bond donors (Lipinski definition) is 1. The Hall–Kier alpha value is -0.870. The minimum Gasteiger partial charge on any atom is -0.333 e. The molecular weight excluding hydrogens is 224 g/mol. The van der Waals surface area contributed by atoms with Crippen molar-refractivity contribution in [2.45, 2.75) is 52.2 Å². The van der Waals surface area contributed by atoms with Crippen LogP contribution in [-0.2, 0) is 6.54 Å². The van der Waals surface area contributed by atoms with E-state index in [2.05, 4.69) is 35.2 Å². The fourth-order valence-electron chi connectivity index (χ4n) is 2.76. The maximum Gasteiger partial charge on any atom is 0.0948 e. The summed E-state index contributed by atoms with van der Waals surface area (Å²) in [4.78, 5) is 6.81. The Morgan fingerprint density at radius 2 is 2.28 bits per heavy atom. The predicted molar refractivity (Wildman–Crippen MR) is 74.3 cm³/mol. The summed E-state index contributed by atoms with van der Waals surface area (Å²) in [6, 6.07) is 0.783. The number of aromatic nitrogens is 2. The lowest BCUT2D eigenvalue weighted by Gasteiger charge is -2.21. The standard InChI is InChI=1S/C14H26N4/c1-4-13(15)14-7-16-10-18(14)9-12-5-6-17(8-12)11(2)3/h7,10-13H,4-6,8-9,15H2,1-3H3/t12?,13-/m1/s1. The van der Waals surface area contributed by atoms with Crippen molar-refractivity contribution in [1.29, 1.82) is 0 Å². The van der Waals surface area contributed by atoms with Gasteiger partial charge in [0.25, 0.3) is 0 Å². The summed E-state index contributed by atoms with van der Waals surface area (Å²) >= 11 is 0. The second kappa shape index (κ2) is 5.85. The highest BCUT2D eigenvalue weighted by molar-refractivity contribution is 5.04. The minimum atomic E-state index is 0.120. The third-order valence-electron chi connectivity index (χ3n) is 4.07. The van der Waals surface area contributed by atoms with E-state index < -0.39 is 0 Å². The van der Waals surface area contributed by atoms with Gasteiger partial charge in [0.05, 0.1) is 12.0 Å². The van der Waals surface area contributed by atoms with E-state index in [0.717, 1.165) is 18.9 Å². The van der Waals surface area contributed by atoms with Crippen LogP contribution in [0.5, 0.6) is 0 Å². The highest BCUT2D eigenvalue weighted by Crippen LogP contribution is 2.22. The molecule has 18 heavy (non-hydrogen) atoms. The van der Waals surface area contributed by atoms with Crippen LogP contribution in [0.2, 0.25) is 0 Å². The van der Waals surface area contributed by atoms with Gasteiger partial charge in [-0.05, 0) is 39.2 Å². The van der Waals surface area contributed by atoms with Crippen molar-refractivity contribution in [3.8, 4) is 0 Å². The summed E-state index contributed by atoms with van der Waals surface area (Å²) in [6.45, 7) is 10.2. The van der Waals surface area contributed by atoms with Crippen molar-refractivity contribution >= 4 is 0 Å². The second-order valence-electron chi connectivity index (χ2n) is 5.73. The van der Waals surface area contributed by atoms with Gasteiger partial charge in [0.1, 0.15) is 0 Å².